The minimum atomic E-state index is -0.658. The fraction of sp³-hybridized carbons (Fsp3) is 0.174. The summed E-state index contributed by atoms with van der Waals surface area (Å²) in [7, 11) is 0. The molecular weight excluding hydrogens is 384 g/mol. The van der Waals surface area contributed by atoms with Gasteiger partial charge < -0.3 is 19.8 Å². The Morgan fingerprint density at radius 1 is 0.967 bits per heavy atom. The normalized spacial score (nSPS) is 10.3. The predicted octanol–water partition coefficient (Wildman–Crippen LogP) is 3.62. The highest BCUT2D eigenvalue weighted by Crippen LogP contribution is 2.19. The number of anilines is 1. The van der Waals surface area contributed by atoms with Crippen molar-refractivity contribution in [1.29, 1.82) is 0 Å². The number of furan rings is 1. The number of carbonyl (C=O) groups is 3. The maximum atomic E-state index is 12.3. The van der Waals surface area contributed by atoms with Crippen molar-refractivity contribution in [3.63, 3.8) is 0 Å². The molecule has 0 spiro atoms. The van der Waals surface area contributed by atoms with Crippen LogP contribution in [0.4, 0.5) is 5.69 Å². The molecule has 0 unspecified atom stereocenters. The lowest BCUT2D eigenvalue weighted by atomic mass is 10.1. The van der Waals surface area contributed by atoms with Crippen molar-refractivity contribution in [2.75, 3.05) is 11.9 Å². The Morgan fingerprint density at radius 3 is 2.50 bits per heavy atom. The monoisotopic (exact) mass is 406 g/mol. The first-order valence-corrected chi connectivity index (χ1v) is 9.38. The Labute approximate surface area is 174 Å². The van der Waals surface area contributed by atoms with Crippen molar-refractivity contribution < 1.29 is 23.5 Å². The highest BCUT2D eigenvalue weighted by atomic mass is 16.5. The van der Waals surface area contributed by atoms with Crippen LogP contribution in [-0.2, 0) is 16.1 Å². The van der Waals surface area contributed by atoms with Crippen LogP contribution in [0.3, 0.4) is 0 Å². The van der Waals surface area contributed by atoms with E-state index in [9.17, 15) is 14.4 Å². The summed E-state index contributed by atoms with van der Waals surface area (Å²) in [5.41, 5.74) is 3.51. The Kier molecular flexibility index (Phi) is 6.64. The van der Waals surface area contributed by atoms with E-state index in [1.807, 2.05) is 31.2 Å². The van der Waals surface area contributed by atoms with Gasteiger partial charge in [-0.05, 0) is 54.8 Å². The van der Waals surface area contributed by atoms with Crippen LogP contribution in [0.1, 0.15) is 37.6 Å². The second-order valence-electron chi connectivity index (χ2n) is 6.74. The van der Waals surface area contributed by atoms with Gasteiger partial charge in [-0.1, -0.05) is 30.3 Å². The first-order valence-electron chi connectivity index (χ1n) is 9.38. The van der Waals surface area contributed by atoms with Gasteiger partial charge in [0.25, 0.3) is 11.8 Å². The molecule has 2 aromatic carbocycles. The highest BCUT2D eigenvalue weighted by Gasteiger charge is 2.15. The third-order valence-electron chi connectivity index (χ3n) is 4.54. The Morgan fingerprint density at radius 2 is 1.77 bits per heavy atom. The number of amides is 2. The topological polar surface area (TPSA) is 97.6 Å². The van der Waals surface area contributed by atoms with E-state index < -0.39 is 24.4 Å². The van der Waals surface area contributed by atoms with Gasteiger partial charge in [0, 0.05) is 12.2 Å². The number of hydrogen-bond acceptors (Lipinski definition) is 5. The SMILES string of the molecule is Cc1ccccc1CNC(=O)COC(=O)c1ccc(C)c(NC(=O)c2ccco2)c1. The molecule has 2 amide bonds. The van der Waals surface area contributed by atoms with E-state index in [1.54, 1.807) is 31.2 Å². The minimum Gasteiger partial charge on any atom is -0.459 e. The summed E-state index contributed by atoms with van der Waals surface area (Å²) in [6.45, 7) is 3.72. The molecule has 1 aromatic heterocycles. The zero-order chi connectivity index (χ0) is 21.5. The highest BCUT2D eigenvalue weighted by molar-refractivity contribution is 6.03. The van der Waals surface area contributed by atoms with Crippen molar-refractivity contribution in [2.24, 2.45) is 0 Å². The lowest BCUT2D eigenvalue weighted by molar-refractivity contribution is -0.124. The number of benzene rings is 2. The van der Waals surface area contributed by atoms with E-state index in [-0.39, 0.29) is 11.3 Å². The minimum absolute atomic E-state index is 0.160. The first kappa shape index (κ1) is 20.9. The number of hydrogen-bond donors (Lipinski definition) is 2. The van der Waals surface area contributed by atoms with E-state index in [1.165, 1.54) is 12.3 Å². The molecule has 0 bridgehead atoms. The molecule has 2 N–H and O–H groups in total. The van der Waals surface area contributed by atoms with Crippen molar-refractivity contribution in [3.05, 3.63) is 88.9 Å². The fourth-order valence-corrected chi connectivity index (χ4v) is 2.74. The molecule has 0 saturated carbocycles. The van der Waals surface area contributed by atoms with E-state index in [2.05, 4.69) is 10.6 Å². The van der Waals surface area contributed by atoms with Crippen LogP contribution in [0.5, 0.6) is 0 Å². The summed E-state index contributed by atoms with van der Waals surface area (Å²) in [4.78, 5) is 36.5. The molecule has 30 heavy (non-hydrogen) atoms. The molecule has 7 heteroatoms. The van der Waals surface area contributed by atoms with E-state index in [4.69, 9.17) is 9.15 Å². The second-order valence-corrected chi connectivity index (χ2v) is 6.74. The molecule has 0 saturated heterocycles. The summed E-state index contributed by atoms with van der Waals surface area (Å²) < 4.78 is 10.2. The molecule has 0 aliphatic rings. The summed E-state index contributed by atoms with van der Waals surface area (Å²) in [5.74, 6) is -1.32. The maximum Gasteiger partial charge on any atom is 0.338 e. The maximum absolute atomic E-state index is 12.3. The lowest BCUT2D eigenvalue weighted by Crippen LogP contribution is -2.28. The molecule has 7 nitrogen and oxygen atoms in total. The zero-order valence-corrected chi connectivity index (χ0v) is 16.7. The van der Waals surface area contributed by atoms with Crippen molar-refractivity contribution >= 4 is 23.5 Å². The van der Waals surface area contributed by atoms with Gasteiger partial charge in [-0.2, -0.15) is 0 Å². The molecule has 0 aliphatic heterocycles. The van der Waals surface area contributed by atoms with Gasteiger partial charge in [0.1, 0.15) is 0 Å². The van der Waals surface area contributed by atoms with E-state index in [0.29, 0.717) is 12.2 Å². The molecule has 154 valence electrons. The Bertz CT molecular complexity index is 1060. The lowest BCUT2D eigenvalue weighted by Gasteiger charge is -2.11. The number of carbonyl (C=O) groups excluding carboxylic acids is 3. The molecule has 0 radical (unpaired) electrons. The summed E-state index contributed by atoms with van der Waals surface area (Å²) in [6, 6.07) is 15.6. The number of rotatable bonds is 7. The average molecular weight is 406 g/mol. The molecule has 1 heterocycles. The van der Waals surface area contributed by atoms with Crippen molar-refractivity contribution in [3.8, 4) is 0 Å². The number of aryl methyl sites for hydroxylation is 2. The number of esters is 1. The summed E-state index contributed by atoms with van der Waals surface area (Å²) >= 11 is 0. The van der Waals surface area contributed by atoms with Crippen LogP contribution in [0.2, 0.25) is 0 Å². The van der Waals surface area contributed by atoms with E-state index in [0.717, 1.165) is 16.7 Å². The molecule has 3 aromatic rings. The van der Waals surface area contributed by atoms with Crippen LogP contribution >= 0.6 is 0 Å². The largest absolute Gasteiger partial charge is 0.459 e. The van der Waals surface area contributed by atoms with Crippen LogP contribution in [0.25, 0.3) is 0 Å². The second kappa shape index (κ2) is 9.56. The van der Waals surface area contributed by atoms with Gasteiger partial charge >= 0.3 is 5.97 Å². The first-order chi connectivity index (χ1) is 14.4. The standard InChI is InChI=1S/C23H22N2O5/c1-15-6-3-4-7-18(15)13-24-21(26)14-30-23(28)17-10-9-16(2)19(12-17)25-22(27)20-8-5-11-29-20/h3-12H,13-14H2,1-2H3,(H,24,26)(H,25,27). The van der Waals surface area contributed by atoms with Crippen LogP contribution in [-0.4, -0.2) is 24.4 Å². The van der Waals surface area contributed by atoms with Gasteiger partial charge in [0.15, 0.2) is 12.4 Å². The molecule has 3 rings (SSSR count). The summed E-state index contributed by atoms with van der Waals surface area (Å²) in [6.07, 6.45) is 1.40. The number of nitrogens with one attached hydrogen (secondary N) is 2. The molecular formula is C23H22N2O5. The van der Waals surface area contributed by atoms with Crippen LogP contribution < -0.4 is 10.6 Å². The third-order valence-corrected chi connectivity index (χ3v) is 4.54. The molecule has 0 fully saturated rings. The van der Waals surface area contributed by atoms with Gasteiger partial charge in [0.2, 0.25) is 0 Å². The van der Waals surface area contributed by atoms with Crippen LogP contribution in [0, 0.1) is 13.8 Å². The van der Waals surface area contributed by atoms with Crippen molar-refractivity contribution in [1.82, 2.24) is 5.32 Å². The van der Waals surface area contributed by atoms with Crippen LogP contribution in [0.15, 0.2) is 65.3 Å². The average Bonchev–Trinajstić information content (AvgIpc) is 3.28. The van der Waals surface area contributed by atoms with Gasteiger partial charge in [-0.3, -0.25) is 9.59 Å². The zero-order valence-electron chi connectivity index (χ0n) is 16.7. The van der Waals surface area contributed by atoms with Gasteiger partial charge in [-0.25, -0.2) is 4.79 Å². The Hall–Kier alpha value is -3.87. The number of ether oxygens (including phenoxy) is 1. The Balaban J connectivity index is 1.55. The molecule has 0 aliphatic carbocycles. The van der Waals surface area contributed by atoms with Gasteiger partial charge in [0.05, 0.1) is 11.8 Å². The molecule has 0 atom stereocenters. The van der Waals surface area contributed by atoms with Crippen molar-refractivity contribution in [2.45, 2.75) is 20.4 Å². The quantitative estimate of drug-likeness (QED) is 0.584. The predicted molar refractivity (Wildman–Crippen MR) is 111 cm³/mol. The fourth-order valence-electron chi connectivity index (χ4n) is 2.74. The third kappa shape index (κ3) is 5.35. The van der Waals surface area contributed by atoms with E-state index >= 15 is 0 Å². The summed E-state index contributed by atoms with van der Waals surface area (Å²) in [5, 5.41) is 5.42. The van der Waals surface area contributed by atoms with Gasteiger partial charge in [-0.15, -0.1) is 0 Å². The smallest absolute Gasteiger partial charge is 0.338 e.